The van der Waals surface area contributed by atoms with Gasteiger partial charge >= 0.3 is 6.03 Å². The van der Waals surface area contributed by atoms with E-state index in [1.807, 2.05) is 52.2 Å². The van der Waals surface area contributed by atoms with E-state index in [9.17, 15) is 9.59 Å². The normalized spacial score (nSPS) is 17.5. The van der Waals surface area contributed by atoms with Crippen LogP contribution in [0.2, 0.25) is 0 Å². The summed E-state index contributed by atoms with van der Waals surface area (Å²) in [7, 11) is 3.75. The van der Waals surface area contributed by atoms with Gasteiger partial charge in [0.2, 0.25) is 0 Å². The lowest BCUT2D eigenvalue weighted by atomic mass is 9.86. The summed E-state index contributed by atoms with van der Waals surface area (Å²) in [6, 6.07) is 14.3. The largest absolute Gasteiger partial charge is 0.487 e. The van der Waals surface area contributed by atoms with Crippen molar-refractivity contribution in [3.8, 4) is 16.9 Å². The highest BCUT2D eigenvalue weighted by Gasteiger charge is 2.42. The highest BCUT2D eigenvalue weighted by atomic mass is 16.5. The van der Waals surface area contributed by atoms with Crippen molar-refractivity contribution >= 4 is 24.0 Å². The highest BCUT2D eigenvalue weighted by molar-refractivity contribution is 5.89. The number of morpholine rings is 1. The van der Waals surface area contributed by atoms with Gasteiger partial charge in [-0.1, -0.05) is 37.1 Å². The number of piperidine rings is 1. The molecule has 0 unspecified atom stereocenters. The Hall–Kier alpha value is -4.03. The molecule has 6 rings (SSSR count). The number of hydrogen-bond acceptors (Lipinski definition) is 9. The van der Waals surface area contributed by atoms with Crippen LogP contribution in [-0.4, -0.2) is 96.5 Å². The molecule has 43 heavy (non-hydrogen) atoms. The third-order valence-corrected chi connectivity index (χ3v) is 7.94. The van der Waals surface area contributed by atoms with E-state index in [0.717, 1.165) is 61.2 Å². The van der Waals surface area contributed by atoms with Crippen molar-refractivity contribution in [3.05, 3.63) is 48.0 Å². The number of ether oxygens (including phenoxy) is 2. The number of nitrogens with zero attached hydrogens (tertiary/aromatic N) is 6. The van der Waals surface area contributed by atoms with Gasteiger partial charge in [-0.05, 0) is 60.3 Å². The van der Waals surface area contributed by atoms with Crippen molar-refractivity contribution < 1.29 is 19.1 Å². The Kier molecular flexibility index (Phi) is 9.26. The molecule has 3 aliphatic heterocycles. The summed E-state index contributed by atoms with van der Waals surface area (Å²) in [6.45, 7) is 8.05. The average molecular weight is 591 g/mol. The fourth-order valence-electron chi connectivity index (χ4n) is 5.55. The van der Waals surface area contributed by atoms with Gasteiger partial charge in [-0.25, -0.2) is 4.79 Å². The fourth-order valence-corrected chi connectivity index (χ4v) is 5.55. The molecular weight excluding hydrogens is 548 g/mol. The maximum absolute atomic E-state index is 12.5. The van der Waals surface area contributed by atoms with Gasteiger partial charge in [-0.15, -0.1) is 5.10 Å². The molecule has 2 fully saturated rings. The van der Waals surface area contributed by atoms with Crippen molar-refractivity contribution in [3.63, 3.8) is 0 Å². The summed E-state index contributed by atoms with van der Waals surface area (Å²) in [5, 5.41) is 18.6. The van der Waals surface area contributed by atoms with Crippen LogP contribution in [-0.2, 0) is 22.5 Å². The molecule has 2 aromatic carbocycles. The molecule has 12 nitrogen and oxygen atoms in total. The minimum Gasteiger partial charge on any atom is -0.487 e. The minimum atomic E-state index is -0.534. The Morgan fingerprint density at radius 1 is 1.02 bits per heavy atom. The first-order chi connectivity index (χ1) is 20.7. The van der Waals surface area contributed by atoms with E-state index < -0.39 is 5.41 Å². The molecule has 2 amide bonds. The lowest BCUT2D eigenvalue weighted by Crippen LogP contribution is -2.47. The number of anilines is 2. The number of urea groups is 1. The van der Waals surface area contributed by atoms with Crippen molar-refractivity contribution in [2.45, 2.75) is 45.3 Å². The van der Waals surface area contributed by atoms with E-state index in [0.29, 0.717) is 38.8 Å². The molecule has 3 aromatic rings. The summed E-state index contributed by atoms with van der Waals surface area (Å²) in [5.74, 6) is 1.55. The molecule has 0 atom stereocenters. The topological polar surface area (TPSA) is 127 Å². The van der Waals surface area contributed by atoms with Crippen LogP contribution in [0.25, 0.3) is 11.1 Å². The van der Waals surface area contributed by atoms with Crippen molar-refractivity contribution in [2.75, 3.05) is 63.7 Å². The van der Waals surface area contributed by atoms with Crippen molar-refractivity contribution in [2.24, 2.45) is 5.41 Å². The van der Waals surface area contributed by atoms with Gasteiger partial charge in [0.15, 0.2) is 0 Å². The van der Waals surface area contributed by atoms with Crippen LogP contribution in [0.1, 0.15) is 32.3 Å². The Morgan fingerprint density at radius 2 is 1.70 bits per heavy atom. The predicted molar refractivity (Wildman–Crippen MR) is 164 cm³/mol. The summed E-state index contributed by atoms with van der Waals surface area (Å²) < 4.78 is 11.9. The van der Waals surface area contributed by atoms with Crippen LogP contribution in [0.3, 0.4) is 0 Å². The van der Waals surface area contributed by atoms with E-state index in [4.69, 9.17) is 9.47 Å². The molecule has 230 valence electrons. The second-order valence-corrected chi connectivity index (χ2v) is 12.1. The molecule has 3 aliphatic rings. The number of rotatable bonds is 6. The van der Waals surface area contributed by atoms with E-state index in [2.05, 4.69) is 49.1 Å². The van der Waals surface area contributed by atoms with Crippen LogP contribution in [0.15, 0.2) is 42.5 Å². The zero-order valence-electron chi connectivity index (χ0n) is 25.5. The number of aldehydes is 1. The van der Waals surface area contributed by atoms with E-state index in [-0.39, 0.29) is 11.6 Å². The highest BCUT2D eigenvalue weighted by Crippen LogP contribution is 2.43. The maximum atomic E-state index is 12.5. The van der Waals surface area contributed by atoms with Gasteiger partial charge in [0.1, 0.15) is 17.6 Å². The lowest BCUT2D eigenvalue weighted by Gasteiger charge is -2.38. The van der Waals surface area contributed by atoms with E-state index >= 15 is 0 Å². The third kappa shape index (κ3) is 7.31. The van der Waals surface area contributed by atoms with Crippen LogP contribution < -0.4 is 20.3 Å². The number of fused-ring (bicyclic) bond motifs is 1. The Labute approximate surface area is 252 Å². The summed E-state index contributed by atoms with van der Waals surface area (Å²) >= 11 is 0. The number of hydrogen-bond donors (Lipinski definition) is 2. The number of carbonyl (C=O) groups is 2. The van der Waals surface area contributed by atoms with Crippen LogP contribution in [0.5, 0.6) is 5.75 Å². The fraction of sp³-hybridized carbons (Fsp3) is 0.516. The predicted octanol–water partition coefficient (Wildman–Crippen LogP) is 3.24. The molecule has 0 saturated carbocycles. The van der Waals surface area contributed by atoms with Gasteiger partial charge in [0, 0.05) is 56.5 Å². The van der Waals surface area contributed by atoms with Gasteiger partial charge < -0.3 is 34.7 Å². The van der Waals surface area contributed by atoms with Gasteiger partial charge in [0.25, 0.3) is 5.95 Å². The number of nitrogens with one attached hydrogen (secondary N) is 2. The zero-order valence-corrected chi connectivity index (χ0v) is 25.5. The van der Waals surface area contributed by atoms with Crippen LogP contribution in [0.4, 0.5) is 16.4 Å². The standard InChI is InChI=1S/C29H35N7O4.C2H7N/c1-28(2,20-37)19-36-32-26(31-33-36)34-11-9-29(10-12-34)18-23-17-22(5-8-25(23)40-29)21-3-6-24(7-4-21)30-27(38)35-13-15-39-16-14-35;1-3-2/h3-8,17,20H,9-16,18-19H2,1-2H3,(H,30,38);3H,1-2H3. The minimum absolute atomic E-state index is 0.0932. The van der Waals surface area contributed by atoms with Crippen LogP contribution >= 0.6 is 0 Å². The molecule has 4 heterocycles. The Bertz CT molecular complexity index is 1390. The number of aromatic nitrogens is 4. The van der Waals surface area contributed by atoms with Gasteiger partial charge in [-0.2, -0.15) is 4.80 Å². The number of carbonyl (C=O) groups excluding carboxylic acids is 2. The average Bonchev–Trinajstić information content (AvgIpc) is 3.62. The van der Waals surface area contributed by atoms with E-state index in [1.54, 1.807) is 4.90 Å². The van der Waals surface area contributed by atoms with Gasteiger partial charge in [-0.3, -0.25) is 0 Å². The molecule has 0 radical (unpaired) electrons. The Balaban J connectivity index is 0.00000118. The van der Waals surface area contributed by atoms with E-state index in [1.165, 1.54) is 10.4 Å². The molecule has 2 saturated heterocycles. The van der Waals surface area contributed by atoms with Crippen molar-refractivity contribution in [1.82, 2.24) is 30.4 Å². The monoisotopic (exact) mass is 590 g/mol. The number of tetrazole rings is 1. The molecule has 2 N–H and O–H groups in total. The first-order valence-electron chi connectivity index (χ1n) is 14.9. The second-order valence-electron chi connectivity index (χ2n) is 12.1. The molecule has 0 aliphatic carbocycles. The van der Waals surface area contributed by atoms with Gasteiger partial charge in [0.05, 0.1) is 19.8 Å². The Morgan fingerprint density at radius 3 is 2.37 bits per heavy atom. The SMILES string of the molecule is CC(C)(C=O)Cn1nnc(N2CCC3(CC2)Cc2cc(-c4ccc(NC(=O)N5CCOCC5)cc4)ccc2O3)n1.CNC. The molecule has 1 spiro atoms. The van der Waals surface area contributed by atoms with Crippen molar-refractivity contribution in [1.29, 1.82) is 0 Å². The smallest absolute Gasteiger partial charge is 0.321 e. The summed E-state index contributed by atoms with van der Waals surface area (Å²) in [6.07, 6.45) is 3.51. The summed E-state index contributed by atoms with van der Waals surface area (Å²) in [4.78, 5) is 29.1. The molecule has 0 bridgehead atoms. The molecular formula is C31H42N8O4. The van der Waals surface area contributed by atoms with Crippen LogP contribution in [0, 0.1) is 5.41 Å². The molecule has 1 aromatic heterocycles. The molecule has 12 heteroatoms. The second kappa shape index (κ2) is 13.1. The number of benzene rings is 2. The first-order valence-corrected chi connectivity index (χ1v) is 14.9. The lowest BCUT2D eigenvalue weighted by molar-refractivity contribution is -0.115. The zero-order chi connectivity index (χ0) is 30.5. The maximum Gasteiger partial charge on any atom is 0.321 e. The number of amides is 2. The summed E-state index contributed by atoms with van der Waals surface area (Å²) in [5.41, 5.74) is 3.46. The quantitative estimate of drug-likeness (QED) is 0.416. The third-order valence-electron chi connectivity index (χ3n) is 7.94. The first kappa shape index (κ1) is 30.4.